The second-order valence-corrected chi connectivity index (χ2v) is 6.89. The number of benzene rings is 1. The molecule has 3 heterocycles. The van der Waals surface area contributed by atoms with Gasteiger partial charge in [-0.05, 0) is 29.8 Å². The van der Waals surface area contributed by atoms with E-state index in [1.54, 1.807) is 30.5 Å². The minimum atomic E-state index is -0.253. The lowest BCUT2D eigenvalue weighted by atomic mass is 10.2. The summed E-state index contributed by atoms with van der Waals surface area (Å²) in [4.78, 5) is 30.4. The lowest BCUT2D eigenvalue weighted by molar-refractivity contribution is 0.0955. The number of fused-ring (bicyclic) bond motifs is 2. The second kappa shape index (κ2) is 6.31. The molecule has 4 rings (SSSR count). The van der Waals surface area contributed by atoms with Crippen molar-refractivity contribution in [2.45, 2.75) is 6.54 Å². The molecule has 0 saturated carbocycles. The molecule has 0 unspecified atom stereocenters. The molecule has 0 aliphatic carbocycles. The maximum atomic E-state index is 12.5. The van der Waals surface area contributed by atoms with E-state index in [1.807, 2.05) is 24.3 Å². The summed E-state index contributed by atoms with van der Waals surface area (Å²) in [6, 6.07) is 14.3. The zero-order valence-corrected chi connectivity index (χ0v) is 14.5. The molecule has 0 radical (unpaired) electrons. The van der Waals surface area contributed by atoms with Crippen molar-refractivity contribution < 1.29 is 4.79 Å². The van der Waals surface area contributed by atoms with Crippen LogP contribution in [-0.2, 0) is 6.54 Å². The van der Waals surface area contributed by atoms with E-state index in [9.17, 15) is 9.59 Å². The maximum Gasteiger partial charge on any atom is 0.266 e. The van der Waals surface area contributed by atoms with Gasteiger partial charge in [-0.25, -0.2) is 4.98 Å². The van der Waals surface area contributed by atoms with Crippen LogP contribution in [0.5, 0.6) is 0 Å². The first-order valence-electron chi connectivity index (χ1n) is 7.56. The first kappa shape index (κ1) is 15.8. The summed E-state index contributed by atoms with van der Waals surface area (Å²) < 4.78 is 1.47. The van der Waals surface area contributed by atoms with Crippen molar-refractivity contribution in [3.8, 4) is 0 Å². The smallest absolute Gasteiger partial charge is 0.266 e. The van der Waals surface area contributed by atoms with E-state index in [0.29, 0.717) is 32.3 Å². The number of thiophene rings is 1. The Hall–Kier alpha value is -2.70. The van der Waals surface area contributed by atoms with Crippen LogP contribution in [0.15, 0.2) is 59.5 Å². The van der Waals surface area contributed by atoms with E-state index in [2.05, 4.69) is 10.3 Å². The highest BCUT2D eigenvalue weighted by atomic mass is 35.5. The van der Waals surface area contributed by atoms with Gasteiger partial charge in [0, 0.05) is 17.8 Å². The van der Waals surface area contributed by atoms with Gasteiger partial charge < -0.3 is 5.32 Å². The van der Waals surface area contributed by atoms with Crippen LogP contribution in [-0.4, -0.2) is 15.3 Å². The summed E-state index contributed by atoms with van der Waals surface area (Å²) in [6.45, 7) is 0.321. The molecule has 5 nitrogen and oxygen atoms in total. The zero-order valence-electron chi connectivity index (χ0n) is 12.9. The van der Waals surface area contributed by atoms with Gasteiger partial charge in [0.05, 0.1) is 10.3 Å². The van der Waals surface area contributed by atoms with Gasteiger partial charge in [-0.2, -0.15) is 0 Å². The summed E-state index contributed by atoms with van der Waals surface area (Å²) in [5.74, 6) is -0.253. The van der Waals surface area contributed by atoms with E-state index in [-0.39, 0.29) is 11.5 Å². The highest BCUT2D eigenvalue weighted by Gasteiger charge is 2.14. The van der Waals surface area contributed by atoms with E-state index in [0.717, 1.165) is 5.56 Å². The van der Waals surface area contributed by atoms with Gasteiger partial charge in [0.2, 0.25) is 0 Å². The lowest BCUT2D eigenvalue weighted by Crippen LogP contribution is -2.22. The number of amides is 1. The molecule has 124 valence electrons. The number of hydrogen-bond acceptors (Lipinski definition) is 4. The van der Waals surface area contributed by atoms with Gasteiger partial charge in [-0.3, -0.25) is 14.0 Å². The molecule has 0 aliphatic heterocycles. The highest BCUT2D eigenvalue weighted by Crippen LogP contribution is 2.22. The number of rotatable bonds is 3. The third-order valence-electron chi connectivity index (χ3n) is 3.84. The summed E-state index contributed by atoms with van der Waals surface area (Å²) in [5.41, 5.74) is 1.22. The van der Waals surface area contributed by atoms with E-state index < -0.39 is 0 Å². The fraction of sp³-hybridized carbons (Fsp3) is 0.0556. The summed E-state index contributed by atoms with van der Waals surface area (Å²) in [7, 11) is 0. The van der Waals surface area contributed by atoms with Crippen molar-refractivity contribution in [2.24, 2.45) is 0 Å². The number of carbonyl (C=O) groups is 1. The second-order valence-electron chi connectivity index (χ2n) is 5.45. The van der Waals surface area contributed by atoms with Crippen LogP contribution in [0.1, 0.15) is 15.2 Å². The number of aromatic nitrogens is 2. The molecule has 1 aromatic carbocycles. The average molecular weight is 370 g/mol. The molecule has 0 spiro atoms. The van der Waals surface area contributed by atoms with Crippen LogP contribution in [0, 0.1) is 0 Å². The Balaban J connectivity index is 1.66. The van der Waals surface area contributed by atoms with Crippen molar-refractivity contribution in [1.82, 2.24) is 14.7 Å². The Morgan fingerprint density at radius 3 is 2.84 bits per heavy atom. The van der Waals surface area contributed by atoms with Gasteiger partial charge in [0.1, 0.15) is 10.5 Å². The molecule has 0 bridgehead atoms. The Morgan fingerprint density at radius 1 is 1.20 bits per heavy atom. The fourth-order valence-corrected chi connectivity index (χ4v) is 3.71. The molecule has 1 N–H and O–H groups in total. The number of halogens is 1. The van der Waals surface area contributed by atoms with E-state index in [1.165, 1.54) is 15.7 Å². The topological polar surface area (TPSA) is 63.5 Å². The van der Waals surface area contributed by atoms with Crippen LogP contribution in [0.2, 0.25) is 5.02 Å². The van der Waals surface area contributed by atoms with Crippen molar-refractivity contribution in [1.29, 1.82) is 0 Å². The van der Waals surface area contributed by atoms with Crippen LogP contribution in [0.25, 0.3) is 15.9 Å². The number of nitrogens with zero attached hydrogens (tertiary/aromatic N) is 2. The van der Waals surface area contributed by atoms with Gasteiger partial charge in [0.15, 0.2) is 0 Å². The quantitative estimate of drug-likeness (QED) is 0.601. The fourth-order valence-electron chi connectivity index (χ4n) is 2.56. The normalized spacial score (nSPS) is 11.1. The van der Waals surface area contributed by atoms with E-state index in [4.69, 9.17) is 11.6 Å². The standard InChI is InChI=1S/C18H12ClN3O2S/c19-13-6-2-1-5-11(13)10-20-16(23)14-9-12-17(25-14)21-15-7-3-4-8-22(15)18(12)24/h1-9H,10H2,(H,20,23). The molecule has 25 heavy (non-hydrogen) atoms. The lowest BCUT2D eigenvalue weighted by Gasteiger charge is -2.05. The third kappa shape index (κ3) is 2.90. The average Bonchev–Trinajstić information content (AvgIpc) is 3.05. The third-order valence-corrected chi connectivity index (χ3v) is 5.23. The molecule has 0 saturated heterocycles. The molecular formula is C18H12ClN3O2S. The first-order valence-corrected chi connectivity index (χ1v) is 8.75. The molecule has 0 atom stereocenters. The molecule has 3 aromatic heterocycles. The zero-order chi connectivity index (χ0) is 17.4. The van der Waals surface area contributed by atoms with Crippen LogP contribution >= 0.6 is 22.9 Å². The predicted octanol–water partition coefficient (Wildman–Crippen LogP) is 3.49. The van der Waals surface area contributed by atoms with Gasteiger partial charge >= 0.3 is 0 Å². The number of nitrogens with one attached hydrogen (secondary N) is 1. The molecule has 0 fully saturated rings. The Labute approximate surface area is 151 Å². The van der Waals surface area contributed by atoms with Crippen molar-refractivity contribution in [3.63, 3.8) is 0 Å². The largest absolute Gasteiger partial charge is 0.347 e. The SMILES string of the molecule is O=C(NCc1ccccc1Cl)c1cc2c(=O)n3ccccc3nc2s1. The predicted molar refractivity (Wildman–Crippen MR) is 99.5 cm³/mol. The monoisotopic (exact) mass is 369 g/mol. The molecule has 0 aliphatic rings. The summed E-state index contributed by atoms with van der Waals surface area (Å²) in [5, 5.41) is 3.87. The molecule has 1 amide bonds. The Bertz CT molecular complexity index is 1170. The molecular weight excluding hydrogens is 358 g/mol. The Morgan fingerprint density at radius 2 is 2.00 bits per heavy atom. The summed E-state index contributed by atoms with van der Waals surface area (Å²) >= 11 is 7.30. The van der Waals surface area contributed by atoms with Crippen LogP contribution < -0.4 is 10.9 Å². The number of pyridine rings is 1. The van der Waals surface area contributed by atoms with Crippen LogP contribution in [0.3, 0.4) is 0 Å². The first-order chi connectivity index (χ1) is 12.1. The highest BCUT2D eigenvalue weighted by molar-refractivity contribution is 7.20. The molecule has 7 heteroatoms. The maximum absolute atomic E-state index is 12.5. The number of carbonyl (C=O) groups excluding carboxylic acids is 1. The minimum Gasteiger partial charge on any atom is -0.347 e. The molecule has 4 aromatic rings. The Kier molecular flexibility index (Phi) is 3.99. The summed E-state index contributed by atoms with van der Waals surface area (Å²) in [6.07, 6.45) is 1.67. The van der Waals surface area contributed by atoms with Gasteiger partial charge in [-0.15, -0.1) is 11.3 Å². The van der Waals surface area contributed by atoms with Crippen LogP contribution in [0.4, 0.5) is 0 Å². The van der Waals surface area contributed by atoms with Crippen molar-refractivity contribution in [3.05, 3.63) is 80.5 Å². The minimum absolute atomic E-state index is 0.179. The van der Waals surface area contributed by atoms with Crippen molar-refractivity contribution in [2.75, 3.05) is 0 Å². The van der Waals surface area contributed by atoms with Gasteiger partial charge in [-0.1, -0.05) is 35.9 Å². The van der Waals surface area contributed by atoms with Crippen molar-refractivity contribution >= 4 is 44.7 Å². The van der Waals surface area contributed by atoms with Gasteiger partial charge in [0.25, 0.3) is 11.5 Å². The van der Waals surface area contributed by atoms with E-state index >= 15 is 0 Å². The number of hydrogen-bond donors (Lipinski definition) is 1.